The van der Waals surface area contributed by atoms with Crippen LogP contribution in [0.2, 0.25) is 0 Å². The van der Waals surface area contributed by atoms with Gasteiger partial charge in [0, 0.05) is 25.3 Å². The average Bonchev–Trinajstić information content (AvgIpc) is 2.84. The van der Waals surface area contributed by atoms with Crippen LogP contribution < -0.4 is 5.32 Å². The number of amides is 2. The molecule has 6 nitrogen and oxygen atoms in total. The third-order valence-electron chi connectivity index (χ3n) is 4.72. The van der Waals surface area contributed by atoms with E-state index in [2.05, 4.69) is 5.32 Å². The summed E-state index contributed by atoms with van der Waals surface area (Å²) in [5.74, 6) is -0.898. The summed E-state index contributed by atoms with van der Waals surface area (Å²) >= 11 is 0. The van der Waals surface area contributed by atoms with E-state index in [-0.39, 0.29) is 11.6 Å². The van der Waals surface area contributed by atoms with Crippen molar-refractivity contribution in [3.8, 4) is 0 Å². The molecule has 2 saturated heterocycles. The maximum Gasteiger partial charge on any atom is 0.329 e. The fraction of sp³-hybridized carbons (Fsp3) is 0.857. The Balaban J connectivity index is 2.09. The molecule has 114 valence electrons. The lowest BCUT2D eigenvalue weighted by molar-refractivity contribution is -0.148. The minimum Gasteiger partial charge on any atom is -0.479 e. The molecule has 2 amide bonds. The lowest BCUT2D eigenvalue weighted by Gasteiger charge is -2.39. The summed E-state index contributed by atoms with van der Waals surface area (Å²) in [6, 6.07) is -0.254. The summed E-state index contributed by atoms with van der Waals surface area (Å²) < 4.78 is 5.31. The Morgan fingerprint density at radius 3 is 2.50 bits per heavy atom. The van der Waals surface area contributed by atoms with Crippen molar-refractivity contribution in [2.24, 2.45) is 0 Å². The predicted molar refractivity (Wildman–Crippen MR) is 73.6 cm³/mol. The van der Waals surface area contributed by atoms with Gasteiger partial charge in [-0.15, -0.1) is 0 Å². The lowest BCUT2D eigenvalue weighted by Crippen LogP contribution is -2.60. The van der Waals surface area contributed by atoms with Crippen molar-refractivity contribution in [2.75, 3.05) is 19.8 Å². The number of rotatable bonds is 3. The number of nitrogens with zero attached hydrogens (tertiary/aromatic N) is 1. The smallest absolute Gasteiger partial charge is 0.329 e. The van der Waals surface area contributed by atoms with Crippen LogP contribution in [0.5, 0.6) is 0 Å². The first-order valence-electron chi connectivity index (χ1n) is 7.34. The van der Waals surface area contributed by atoms with Crippen molar-refractivity contribution >= 4 is 12.0 Å². The standard InChI is InChI=1S/C14H24N2O4/c1-3-14(11(17)18)5-4-8-16(14)12(19)15-13(2)6-9-20-10-7-13/h3-10H2,1-2H3,(H,15,19)(H,17,18). The van der Waals surface area contributed by atoms with Crippen molar-refractivity contribution in [1.29, 1.82) is 0 Å². The van der Waals surface area contributed by atoms with E-state index < -0.39 is 11.5 Å². The molecule has 1 atom stereocenters. The van der Waals surface area contributed by atoms with Crippen LogP contribution >= 0.6 is 0 Å². The number of carbonyl (C=O) groups excluding carboxylic acids is 1. The molecular formula is C14H24N2O4. The number of carbonyl (C=O) groups is 2. The largest absolute Gasteiger partial charge is 0.479 e. The first-order valence-corrected chi connectivity index (χ1v) is 7.34. The highest BCUT2D eigenvalue weighted by Crippen LogP contribution is 2.33. The van der Waals surface area contributed by atoms with Crippen LogP contribution in [-0.4, -0.2) is 52.8 Å². The Morgan fingerprint density at radius 1 is 1.30 bits per heavy atom. The normalized spacial score (nSPS) is 29.2. The summed E-state index contributed by atoms with van der Waals surface area (Å²) in [5.41, 5.74) is -1.33. The predicted octanol–water partition coefficient (Wildman–Crippen LogP) is 1.59. The van der Waals surface area contributed by atoms with Gasteiger partial charge in [0.2, 0.25) is 0 Å². The van der Waals surface area contributed by atoms with E-state index in [1.54, 1.807) is 0 Å². The van der Waals surface area contributed by atoms with E-state index in [0.29, 0.717) is 32.6 Å². The molecular weight excluding hydrogens is 260 g/mol. The number of aliphatic carboxylic acids is 1. The van der Waals surface area contributed by atoms with Gasteiger partial charge in [0.1, 0.15) is 5.54 Å². The molecule has 0 radical (unpaired) electrons. The summed E-state index contributed by atoms with van der Waals surface area (Å²) in [6.07, 6.45) is 3.24. The molecule has 2 N–H and O–H groups in total. The number of ether oxygens (including phenoxy) is 1. The van der Waals surface area contributed by atoms with Gasteiger partial charge in [0.25, 0.3) is 0 Å². The van der Waals surface area contributed by atoms with E-state index in [0.717, 1.165) is 19.3 Å². The van der Waals surface area contributed by atoms with E-state index in [9.17, 15) is 14.7 Å². The van der Waals surface area contributed by atoms with Crippen LogP contribution in [0.15, 0.2) is 0 Å². The Bertz CT molecular complexity index is 393. The zero-order valence-electron chi connectivity index (χ0n) is 12.3. The number of nitrogens with one attached hydrogen (secondary N) is 1. The third kappa shape index (κ3) is 2.61. The Morgan fingerprint density at radius 2 is 1.95 bits per heavy atom. The lowest BCUT2D eigenvalue weighted by atomic mass is 9.91. The Kier molecular flexibility index (Phi) is 4.22. The highest BCUT2D eigenvalue weighted by Gasteiger charge is 2.49. The highest BCUT2D eigenvalue weighted by atomic mass is 16.5. The van der Waals surface area contributed by atoms with Crippen LogP contribution in [0.1, 0.15) is 46.0 Å². The topological polar surface area (TPSA) is 78.9 Å². The monoisotopic (exact) mass is 284 g/mol. The third-order valence-corrected chi connectivity index (χ3v) is 4.72. The first kappa shape index (κ1) is 15.1. The molecule has 6 heteroatoms. The maximum absolute atomic E-state index is 12.5. The van der Waals surface area contributed by atoms with Gasteiger partial charge in [0.15, 0.2) is 0 Å². The molecule has 0 spiro atoms. The van der Waals surface area contributed by atoms with Crippen molar-refractivity contribution < 1.29 is 19.4 Å². The van der Waals surface area contributed by atoms with Gasteiger partial charge < -0.3 is 20.1 Å². The number of hydrogen-bond donors (Lipinski definition) is 2. The molecule has 0 aromatic rings. The summed E-state index contributed by atoms with van der Waals surface area (Å²) in [7, 11) is 0. The molecule has 0 aromatic heterocycles. The van der Waals surface area contributed by atoms with Gasteiger partial charge in [-0.2, -0.15) is 0 Å². The minimum absolute atomic E-state index is 0.254. The van der Waals surface area contributed by atoms with Gasteiger partial charge in [-0.1, -0.05) is 6.92 Å². The Hall–Kier alpha value is -1.30. The summed E-state index contributed by atoms with van der Waals surface area (Å²) in [4.78, 5) is 25.6. The number of carboxylic acid groups (broad SMARTS) is 1. The molecule has 0 aromatic carbocycles. The van der Waals surface area contributed by atoms with Gasteiger partial charge in [0.05, 0.1) is 0 Å². The molecule has 2 heterocycles. The molecule has 1 unspecified atom stereocenters. The van der Waals surface area contributed by atoms with Crippen molar-refractivity contribution in [1.82, 2.24) is 10.2 Å². The maximum atomic E-state index is 12.5. The number of hydrogen-bond acceptors (Lipinski definition) is 3. The second-order valence-electron chi connectivity index (χ2n) is 6.05. The summed E-state index contributed by atoms with van der Waals surface area (Å²) in [5, 5.41) is 12.5. The highest BCUT2D eigenvalue weighted by molar-refractivity contribution is 5.87. The number of urea groups is 1. The molecule has 2 aliphatic heterocycles. The van der Waals surface area contributed by atoms with E-state index in [4.69, 9.17) is 4.74 Å². The van der Waals surface area contributed by atoms with Crippen LogP contribution in [0.3, 0.4) is 0 Å². The molecule has 0 bridgehead atoms. The average molecular weight is 284 g/mol. The Labute approximate surface area is 119 Å². The zero-order valence-corrected chi connectivity index (χ0v) is 12.3. The molecule has 0 saturated carbocycles. The van der Waals surface area contributed by atoms with E-state index in [1.165, 1.54) is 4.90 Å². The van der Waals surface area contributed by atoms with Crippen LogP contribution in [0.25, 0.3) is 0 Å². The van der Waals surface area contributed by atoms with Gasteiger partial charge in [-0.3, -0.25) is 0 Å². The van der Waals surface area contributed by atoms with Crippen LogP contribution in [0.4, 0.5) is 4.79 Å². The minimum atomic E-state index is -1.04. The van der Waals surface area contributed by atoms with Crippen molar-refractivity contribution in [3.05, 3.63) is 0 Å². The van der Waals surface area contributed by atoms with Gasteiger partial charge in [-0.25, -0.2) is 9.59 Å². The van der Waals surface area contributed by atoms with Gasteiger partial charge in [-0.05, 0) is 39.0 Å². The van der Waals surface area contributed by atoms with Gasteiger partial charge >= 0.3 is 12.0 Å². The fourth-order valence-corrected chi connectivity index (χ4v) is 3.19. The first-order chi connectivity index (χ1) is 9.43. The second-order valence-corrected chi connectivity index (χ2v) is 6.05. The molecule has 2 rings (SSSR count). The SMILES string of the molecule is CCC1(C(=O)O)CCCN1C(=O)NC1(C)CCOCC1. The fourth-order valence-electron chi connectivity index (χ4n) is 3.19. The quantitative estimate of drug-likeness (QED) is 0.825. The molecule has 2 fully saturated rings. The zero-order chi connectivity index (χ0) is 14.8. The molecule has 2 aliphatic rings. The van der Waals surface area contributed by atoms with E-state index >= 15 is 0 Å². The van der Waals surface area contributed by atoms with Crippen LogP contribution in [0, 0.1) is 0 Å². The molecule has 20 heavy (non-hydrogen) atoms. The van der Waals surface area contributed by atoms with Crippen LogP contribution in [-0.2, 0) is 9.53 Å². The van der Waals surface area contributed by atoms with Crippen molar-refractivity contribution in [3.63, 3.8) is 0 Å². The van der Waals surface area contributed by atoms with Crippen molar-refractivity contribution in [2.45, 2.75) is 57.0 Å². The number of carboxylic acids is 1. The second kappa shape index (κ2) is 5.60. The van der Waals surface area contributed by atoms with E-state index in [1.807, 2.05) is 13.8 Å². The molecule has 0 aliphatic carbocycles. The summed E-state index contributed by atoms with van der Waals surface area (Å²) in [6.45, 7) is 5.61. The number of likely N-dealkylation sites (tertiary alicyclic amines) is 1.